The number of likely N-dealkylation sites (N-methyl/N-ethyl adjacent to an activating group) is 1. The average molecular weight is 359 g/mol. The molecule has 6 nitrogen and oxygen atoms in total. The number of hydrogen-bond donors (Lipinski definition) is 0. The Hall–Kier alpha value is -2.99. The van der Waals surface area contributed by atoms with Crippen LogP contribution < -0.4 is 0 Å². The van der Waals surface area contributed by atoms with Crippen molar-refractivity contribution in [3.63, 3.8) is 0 Å². The lowest BCUT2D eigenvalue weighted by atomic mass is 10.0. The fourth-order valence-electron chi connectivity index (χ4n) is 4.27. The van der Waals surface area contributed by atoms with Gasteiger partial charge in [0, 0.05) is 32.2 Å². The van der Waals surface area contributed by atoms with Crippen LogP contribution in [0.5, 0.6) is 0 Å². The second kappa shape index (κ2) is 6.32. The van der Waals surface area contributed by atoms with E-state index in [1.807, 2.05) is 53.0 Å². The Kier molecular flexibility index (Phi) is 3.79. The van der Waals surface area contributed by atoms with Crippen LogP contribution in [0.1, 0.15) is 22.1 Å². The van der Waals surface area contributed by atoms with Crippen molar-refractivity contribution in [2.24, 2.45) is 0 Å². The summed E-state index contributed by atoms with van der Waals surface area (Å²) in [5, 5.41) is 8.76. The predicted molar refractivity (Wildman–Crippen MR) is 102 cm³/mol. The van der Waals surface area contributed by atoms with E-state index in [0.717, 1.165) is 25.2 Å². The van der Waals surface area contributed by atoms with Crippen molar-refractivity contribution in [1.82, 2.24) is 24.8 Å². The van der Waals surface area contributed by atoms with Gasteiger partial charge in [0.2, 0.25) is 0 Å². The second-order valence-electron chi connectivity index (χ2n) is 7.33. The zero-order valence-electron chi connectivity index (χ0n) is 15.2. The van der Waals surface area contributed by atoms with Gasteiger partial charge < -0.3 is 4.90 Å². The molecule has 0 unspecified atom stereocenters. The summed E-state index contributed by atoms with van der Waals surface area (Å²) in [6, 6.07) is 20.5. The number of likely N-dealkylation sites (tertiary alicyclic amines) is 1. The van der Waals surface area contributed by atoms with Crippen LogP contribution in [0.3, 0.4) is 0 Å². The molecule has 0 N–H and O–H groups in total. The first-order valence-corrected chi connectivity index (χ1v) is 9.26. The summed E-state index contributed by atoms with van der Waals surface area (Å²) in [6.45, 7) is 2.59. The molecule has 27 heavy (non-hydrogen) atoms. The molecule has 6 heteroatoms. The molecule has 0 aliphatic carbocycles. The molecule has 3 heterocycles. The summed E-state index contributed by atoms with van der Waals surface area (Å²) in [7, 11) is 1.90. The minimum Gasteiger partial charge on any atom is -0.334 e. The lowest BCUT2D eigenvalue weighted by molar-refractivity contribution is 0.0630. The summed E-state index contributed by atoms with van der Waals surface area (Å²) >= 11 is 0. The highest BCUT2D eigenvalue weighted by molar-refractivity contribution is 5.99. The topological polar surface area (TPSA) is 54.3 Å². The smallest absolute Gasteiger partial charge is 0.274 e. The van der Waals surface area contributed by atoms with Crippen molar-refractivity contribution in [3.05, 3.63) is 71.9 Å². The number of amides is 1. The average Bonchev–Trinajstić information content (AvgIpc) is 3.32. The highest BCUT2D eigenvalue weighted by atomic mass is 16.2. The van der Waals surface area contributed by atoms with E-state index in [2.05, 4.69) is 39.5 Å². The first-order valence-electron chi connectivity index (χ1n) is 9.26. The van der Waals surface area contributed by atoms with Gasteiger partial charge in [-0.15, -0.1) is 5.10 Å². The molecule has 3 aromatic rings. The van der Waals surface area contributed by atoms with Gasteiger partial charge in [0.1, 0.15) is 5.69 Å². The molecule has 136 valence electrons. The van der Waals surface area contributed by atoms with E-state index < -0.39 is 0 Å². The number of aromatic nitrogens is 3. The van der Waals surface area contributed by atoms with Gasteiger partial charge in [-0.05, 0) is 5.56 Å². The molecule has 2 aliphatic rings. The summed E-state index contributed by atoms with van der Waals surface area (Å²) < 4.78 is 1.86. The van der Waals surface area contributed by atoms with Crippen LogP contribution in [-0.2, 0) is 6.54 Å². The Labute approximate surface area is 158 Å². The molecule has 1 amide bonds. The van der Waals surface area contributed by atoms with Crippen molar-refractivity contribution < 1.29 is 4.79 Å². The lowest BCUT2D eigenvalue weighted by Crippen LogP contribution is -2.48. The zero-order valence-corrected chi connectivity index (χ0v) is 15.2. The van der Waals surface area contributed by atoms with Crippen molar-refractivity contribution in [2.45, 2.75) is 18.6 Å². The molecule has 0 spiro atoms. The molecule has 0 saturated carbocycles. The van der Waals surface area contributed by atoms with Crippen LogP contribution in [0.4, 0.5) is 0 Å². The Balaban J connectivity index is 1.48. The third-order valence-corrected chi connectivity index (χ3v) is 5.66. The minimum atomic E-state index is 0.00154. The molecule has 5 rings (SSSR count). The van der Waals surface area contributed by atoms with Crippen LogP contribution in [0.15, 0.2) is 60.7 Å². The molecule has 1 fully saturated rings. The quantitative estimate of drug-likeness (QED) is 0.721. The standard InChI is InChI=1S/C21H21N5O/c1-24-17-13-25(12-15-8-4-2-5-9-15)14-18(17)26-20(21(24)27)19(22-23-26)16-10-6-3-7-11-16/h2-11,17-18H,12-14H2,1H3/t17-,18+/m1/s1. The normalized spacial score (nSPS) is 22.0. The van der Waals surface area contributed by atoms with Gasteiger partial charge in [0.25, 0.3) is 5.91 Å². The molecule has 0 bridgehead atoms. The van der Waals surface area contributed by atoms with E-state index in [4.69, 9.17) is 0 Å². The molecule has 1 aromatic heterocycles. The van der Waals surface area contributed by atoms with Crippen LogP contribution in [0, 0.1) is 0 Å². The van der Waals surface area contributed by atoms with E-state index in [0.29, 0.717) is 11.4 Å². The summed E-state index contributed by atoms with van der Waals surface area (Å²) in [5.74, 6) is 0.00154. The van der Waals surface area contributed by atoms with Crippen LogP contribution in [-0.4, -0.2) is 56.9 Å². The lowest BCUT2D eigenvalue weighted by Gasteiger charge is -2.34. The fourth-order valence-corrected chi connectivity index (χ4v) is 4.27. The molecule has 2 atom stereocenters. The van der Waals surface area contributed by atoms with Gasteiger partial charge in [-0.2, -0.15) is 0 Å². The Morgan fingerprint density at radius 1 is 0.963 bits per heavy atom. The van der Waals surface area contributed by atoms with Gasteiger partial charge >= 0.3 is 0 Å². The minimum absolute atomic E-state index is 0.00154. The monoisotopic (exact) mass is 359 g/mol. The number of nitrogens with zero attached hydrogens (tertiary/aromatic N) is 5. The summed E-state index contributed by atoms with van der Waals surface area (Å²) in [6.07, 6.45) is 0. The summed E-state index contributed by atoms with van der Waals surface area (Å²) in [5.41, 5.74) is 3.49. The first-order chi connectivity index (χ1) is 13.2. The number of fused-ring (bicyclic) bond motifs is 3. The SMILES string of the molecule is CN1C(=O)c2c(-c3ccccc3)nnn2[C@H]2CN(Cc3ccccc3)C[C@H]21. The maximum atomic E-state index is 13.1. The number of hydrogen-bond acceptors (Lipinski definition) is 4. The molecule has 1 saturated heterocycles. The van der Waals surface area contributed by atoms with E-state index in [9.17, 15) is 4.79 Å². The Bertz CT molecular complexity index is 969. The molecule has 2 aliphatic heterocycles. The zero-order chi connectivity index (χ0) is 18.4. The van der Waals surface area contributed by atoms with E-state index >= 15 is 0 Å². The fraction of sp³-hybridized carbons (Fsp3) is 0.286. The maximum absolute atomic E-state index is 13.1. The van der Waals surface area contributed by atoms with Gasteiger partial charge in [0.05, 0.1) is 12.1 Å². The number of rotatable bonds is 3. The maximum Gasteiger partial charge on any atom is 0.274 e. The van der Waals surface area contributed by atoms with Crippen molar-refractivity contribution in [3.8, 4) is 11.3 Å². The van der Waals surface area contributed by atoms with E-state index in [1.54, 1.807) is 0 Å². The van der Waals surface area contributed by atoms with Gasteiger partial charge in [-0.25, -0.2) is 4.68 Å². The van der Waals surface area contributed by atoms with Gasteiger partial charge in [-0.3, -0.25) is 9.69 Å². The molecular formula is C21H21N5O. The number of benzene rings is 2. The molecule has 2 aromatic carbocycles. The largest absolute Gasteiger partial charge is 0.334 e. The second-order valence-corrected chi connectivity index (χ2v) is 7.33. The number of carbonyl (C=O) groups is 1. The number of carbonyl (C=O) groups excluding carboxylic acids is 1. The highest BCUT2D eigenvalue weighted by Crippen LogP contribution is 2.35. The van der Waals surface area contributed by atoms with Gasteiger partial charge in [0.15, 0.2) is 5.69 Å². The Morgan fingerprint density at radius 3 is 2.37 bits per heavy atom. The van der Waals surface area contributed by atoms with E-state index in [-0.39, 0.29) is 18.0 Å². The molecule has 0 radical (unpaired) electrons. The van der Waals surface area contributed by atoms with Crippen molar-refractivity contribution in [2.75, 3.05) is 20.1 Å². The molecular weight excluding hydrogens is 338 g/mol. The predicted octanol–water partition coefficient (Wildman–Crippen LogP) is 2.46. The third kappa shape index (κ3) is 2.64. The Morgan fingerprint density at radius 2 is 1.63 bits per heavy atom. The summed E-state index contributed by atoms with van der Waals surface area (Å²) in [4.78, 5) is 17.4. The van der Waals surface area contributed by atoms with Crippen molar-refractivity contribution in [1.29, 1.82) is 0 Å². The van der Waals surface area contributed by atoms with Crippen LogP contribution in [0.25, 0.3) is 11.3 Å². The first kappa shape index (κ1) is 16.2. The van der Waals surface area contributed by atoms with E-state index in [1.165, 1.54) is 5.56 Å². The van der Waals surface area contributed by atoms with Crippen LogP contribution in [0.2, 0.25) is 0 Å². The van der Waals surface area contributed by atoms with Gasteiger partial charge in [-0.1, -0.05) is 65.9 Å². The third-order valence-electron chi connectivity index (χ3n) is 5.66. The highest BCUT2D eigenvalue weighted by Gasteiger charge is 2.46. The van der Waals surface area contributed by atoms with Crippen LogP contribution >= 0.6 is 0 Å². The van der Waals surface area contributed by atoms with Crippen molar-refractivity contribution >= 4 is 5.91 Å².